The van der Waals surface area contributed by atoms with Gasteiger partial charge in [-0.2, -0.15) is 0 Å². The van der Waals surface area contributed by atoms with Gasteiger partial charge in [0.2, 0.25) is 5.91 Å². The van der Waals surface area contributed by atoms with Crippen LogP contribution in [0.3, 0.4) is 0 Å². The summed E-state index contributed by atoms with van der Waals surface area (Å²) >= 11 is 6.11. The second kappa shape index (κ2) is 8.32. The molecule has 0 N–H and O–H groups in total. The molecule has 1 aromatic heterocycles. The standard InChI is InChI=1S/C20H22ClN3O2/c1-15-5-6-16(21)14-18(15)23-10-12-24(13-11-23)20(26)8-7-19(25)17-4-2-3-9-22-17/h2-6,9,14H,7-8,10-13H2,1H3. The predicted molar refractivity (Wildman–Crippen MR) is 103 cm³/mol. The van der Waals surface area contributed by atoms with E-state index in [9.17, 15) is 9.59 Å². The van der Waals surface area contributed by atoms with E-state index in [0.717, 1.165) is 23.8 Å². The van der Waals surface area contributed by atoms with Crippen LogP contribution in [0.25, 0.3) is 0 Å². The Morgan fingerprint density at radius 1 is 1.08 bits per heavy atom. The molecule has 3 rings (SSSR count). The van der Waals surface area contributed by atoms with Crippen molar-refractivity contribution in [3.05, 3.63) is 58.9 Å². The third kappa shape index (κ3) is 4.41. The fourth-order valence-electron chi connectivity index (χ4n) is 3.15. The average molecular weight is 372 g/mol. The van der Waals surface area contributed by atoms with Crippen LogP contribution in [0.4, 0.5) is 5.69 Å². The van der Waals surface area contributed by atoms with Crippen LogP contribution in [0.15, 0.2) is 42.6 Å². The van der Waals surface area contributed by atoms with Gasteiger partial charge in [-0.3, -0.25) is 14.6 Å². The Kier molecular flexibility index (Phi) is 5.89. The quantitative estimate of drug-likeness (QED) is 0.756. The first-order valence-corrected chi connectivity index (χ1v) is 9.15. The normalized spacial score (nSPS) is 14.4. The van der Waals surface area contributed by atoms with Gasteiger partial charge in [0.25, 0.3) is 0 Å². The lowest BCUT2D eigenvalue weighted by atomic mass is 10.1. The number of piperazine rings is 1. The molecule has 1 saturated heterocycles. The average Bonchev–Trinajstić information content (AvgIpc) is 2.68. The fraction of sp³-hybridized carbons (Fsp3) is 0.350. The van der Waals surface area contributed by atoms with Crippen LogP contribution in [-0.4, -0.2) is 47.8 Å². The summed E-state index contributed by atoms with van der Waals surface area (Å²) in [6.45, 7) is 4.90. The molecule has 1 amide bonds. The highest BCUT2D eigenvalue weighted by Gasteiger charge is 2.22. The van der Waals surface area contributed by atoms with Gasteiger partial charge in [-0.25, -0.2) is 0 Å². The minimum atomic E-state index is -0.0906. The highest BCUT2D eigenvalue weighted by Crippen LogP contribution is 2.25. The zero-order valence-electron chi connectivity index (χ0n) is 14.8. The third-order valence-corrected chi connectivity index (χ3v) is 4.90. The summed E-state index contributed by atoms with van der Waals surface area (Å²) in [7, 11) is 0. The molecule has 136 valence electrons. The van der Waals surface area contributed by atoms with Crippen LogP contribution in [0, 0.1) is 6.92 Å². The first-order valence-electron chi connectivity index (χ1n) is 8.77. The Hall–Kier alpha value is -2.40. The van der Waals surface area contributed by atoms with Gasteiger partial charge >= 0.3 is 0 Å². The molecule has 1 aliphatic rings. The van der Waals surface area contributed by atoms with Gasteiger partial charge in [0.1, 0.15) is 5.69 Å². The summed E-state index contributed by atoms with van der Waals surface area (Å²) in [6.07, 6.45) is 2.02. The maximum absolute atomic E-state index is 12.4. The zero-order valence-corrected chi connectivity index (χ0v) is 15.6. The number of rotatable bonds is 5. The SMILES string of the molecule is Cc1ccc(Cl)cc1N1CCN(C(=O)CCC(=O)c2ccccn2)CC1. The minimum absolute atomic E-state index is 0.0248. The molecule has 0 aliphatic carbocycles. The minimum Gasteiger partial charge on any atom is -0.368 e. The van der Waals surface area contributed by atoms with Gasteiger partial charge in [0, 0.05) is 55.9 Å². The number of hydrogen-bond donors (Lipinski definition) is 0. The van der Waals surface area contributed by atoms with Crippen molar-refractivity contribution >= 4 is 29.0 Å². The van der Waals surface area contributed by atoms with E-state index in [1.54, 1.807) is 24.4 Å². The second-order valence-electron chi connectivity index (χ2n) is 6.44. The van der Waals surface area contributed by atoms with Crippen molar-refractivity contribution in [1.29, 1.82) is 0 Å². The molecule has 5 nitrogen and oxygen atoms in total. The second-order valence-corrected chi connectivity index (χ2v) is 6.87. The number of ketones is 1. The Labute approximate surface area is 158 Å². The van der Waals surface area contributed by atoms with Crippen molar-refractivity contribution < 1.29 is 9.59 Å². The molecule has 26 heavy (non-hydrogen) atoms. The Morgan fingerprint density at radius 2 is 1.85 bits per heavy atom. The largest absolute Gasteiger partial charge is 0.368 e. The molecule has 0 unspecified atom stereocenters. The highest BCUT2D eigenvalue weighted by atomic mass is 35.5. The number of aryl methyl sites for hydroxylation is 1. The number of amides is 1. The van der Waals surface area contributed by atoms with Crippen molar-refractivity contribution in [3.8, 4) is 0 Å². The number of Topliss-reactive ketones (excluding diaryl/α,β-unsaturated/α-hetero) is 1. The van der Waals surface area contributed by atoms with Gasteiger partial charge in [-0.05, 0) is 36.8 Å². The molecule has 2 heterocycles. The summed E-state index contributed by atoms with van der Waals surface area (Å²) in [5.41, 5.74) is 2.71. The fourth-order valence-corrected chi connectivity index (χ4v) is 3.32. The summed E-state index contributed by atoms with van der Waals surface area (Å²) in [6, 6.07) is 11.1. The van der Waals surface area contributed by atoms with Crippen LogP contribution >= 0.6 is 11.6 Å². The highest BCUT2D eigenvalue weighted by molar-refractivity contribution is 6.30. The van der Waals surface area contributed by atoms with Crippen LogP contribution < -0.4 is 4.90 Å². The Balaban J connectivity index is 1.51. The van der Waals surface area contributed by atoms with E-state index in [0.29, 0.717) is 18.8 Å². The van der Waals surface area contributed by atoms with Gasteiger partial charge in [0.05, 0.1) is 0 Å². The molecule has 0 atom stereocenters. The number of carbonyl (C=O) groups is 2. The van der Waals surface area contributed by atoms with E-state index >= 15 is 0 Å². The number of pyridine rings is 1. The van der Waals surface area contributed by atoms with Crippen LogP contribution in [-0.2, 0) is 4.79 Å². The number of nitrogens with zero attached hydrogens (tertiary/aromatic N) is 3. The third-order valence-electron chi connectivity index (χ3n) is 4.66. The first-order chi connectivity index (χ1) is 12.5. The lowest BCUT2D eigenvalue weighted by Gasteiger charge is -2.37. The van der Waals surface area contributed by atoms with Crippen molar-refractivity contribution in [3.63, 3.8) is 0 Å². The van der Waals surface area contributed by atoms with Crippen LogP contribution in [0.2, 0.25) is 5.02 Å². The summed E-state index contributed by atoms with van der Waals surface area (Å²) in [5.74, 6) is -0.0658. The van der Waals surface area contributed by atoms with Gasteiger partial charge in [-0.15, -0.1) is 0 Å². The summed E-state index contributed by atoms with van der Waals surface area (Å²) < 4.78 is 0. The van der Waals surface area contributed by atoms with Gasteiger partial charge in [-0.1, -0.05) is 23.7 Å². The van der Waals surface area contributed by atoms with Crippen molar-refractivity contribution in [1.82, 2.24) is 9.88 Å². The maximum atomic E-state index is 12.4. The lowest BCUT2D eigenvalue weighted by Crippen LogP contribution is -2.49. The number of hydrogen-bond acceptors (Lipinski definition) is 4. The number of benzene rings is 1. The van der Waals surface area contributed by atoms with Crippen LogP contribution in [0.1, 0.15) is 28.9 Å². The van der Waals surface area contributed by atoms with E-state index in [4.69, 9.17) is 11.6 Å². The van der Waals surface area contributed by atoms with E-state index in [2.05, 4.69) is 16.8 Å². The predicted octanol–water partition coefficient (Wildman–Crippen LogP) is 3.36. The van der Waals surface area contributed by atoms with Crippen molar-refractivity contribution in [2.75, 3.05) is 31.1 Å². The summed E-state index contributed by atoms with van der Waals surface area (Å²) in [5, 5.41) is 0.720. The van der Waals surface area contributed by atoms with E-state index in [1.807, 2.05) is 23.1 Å². The van der Waals surface area contributed by atoms with Gasteiger partial charge in [0.15, 0.2) is 5.78 Å². The molecule has 1 aliphatic heterocycles. The maximum Gasteiger partial charge on any atom is 0.223 e. The molecule has 1 fully saturated rings. The lowest BCUT2D eigenvalue weighted by molar-refractivity contribution is -0.131. The van der Waals surface area contributed by atoms with E-state index < -0.39 is 0 Å². The van der Waals surface area contributed by atoms with E-state index in [1.165, 1.54) is 5.56 Å². The van der Waals surface area contributed by atoms with E-state index in [-0.39, 0.29) is 24.5 Å². The number of anilines is 1. The molecule has 0 bridgehead atoms. The smallest absolute Gasteiger partial charge is 0.223 e. The van der Waals surface area contributed by atoms with Crippen molar-refractivity contribution in [2.45, 2.75) is 19.8 Å². The zero-order chi connectivity index (χ0) is 18.5. The Morgan fingerprint density at radius 3 is 2.54 bits per heavy atom. The molecule has 6 heteroatoms. The number of aromatic nitrogens is 1. The molecular weight excluding hydrogens is 350 g/mol. The molecule has 0 spiro atoms. The molecule has 0 saturated carbocycles. The van der Waals surface area contributed by atoms with Gasteiger partial charge < -0.3 is 9.80 Å². The van der Waals surface area contributed by atoms with Crippen molar-refractivity contribution in [2.24, 2.45) is 0 Å². The number of carbonyl (C=O) groups excluding carboxylic acids is 2. The molecule has 0 radical (unpaired) electrons. The molecule has 1 aromatic carbocycles. The van der Waals surface area contributed by atoms with Crippen LogP contribution in [0.5, 0.6) is 0 Å². The first kappa shape index (κ1) is 18.4. The monoisotopic (exact) mass is 371 g/mol. The summed E-state index contributed by atoms with van der Waals surface area (Å²) in [4.78, 5) is 32.6. The number of halogens is 1. The molecule has 2 aromatic rings. The topological polar surface area (TPSA) is 53.5 Å². The Bertz CT molecular complexity index is 787. The molecular formula is C20H22ClN3O2.